The highest BCUT2D eigenvalue weighted by Gasteiger charge is 2.34. The number of hydroxylamine groups is 2. The van der Waals surface area contributed by atoms with E-state index in [-0.39, 0.29) is 12.5 Å². The van der Waals surface area contributed by atoms with Crippen molar-refractivity contribution in [2.45, 2.75) is 38.8 Å². The number of carbonyl (C=O) groups excluding carboxylic acids is 1. The first-order valence-corrected chi connectivity index (χ1v) is 11.6. The van der Waals surface area contributed by atoms with Gasteiger partial charge in [-0.05, 0) is 46.7 Å². The van der Waals surface area contributed by atoms with E-state index in [1.165, 1.54) is 0 Å². The summed E-state index contributed by atoms with van der Waals surface area (Å²) in [5.41, 5.74) is 4.77. The van der Waals surface area contributed by atoms with Gasteiger partial charge >= 0.3 is 12.1 Å². The molecule has 3 aromatic carbocycles. The average Bonchev–Trinajstić information content (AvgIpc) is 2.86. The van der Waals surface area contributed by atoms with E-state index in [9.17, 15) is 14.7 Å². The SMILES string of the molecule is CC(C)c1ccc(OCC(=O)O)c(C2c3ccccc3CCN2OC(=O)OCc2ccccc2)c1. The minimum atomic E-state index is -1.06. The van der Waals surface area contributed by atoms with Crippen molar-refractivity contribution in [1.82, 2.24) is 5.06 Å². The molecule has 1 unspecified atom stereocenters. The quantitative estimate of drug-likeness (QED) is 0.431. The van der Waals surface area contributed by atoms with E-state index in [1.54, 1.807) is 11.1 Å². The number of rotatable bonds is 8. The summed E-state index contributed by atoms with van der Waals surface area (Å²) >= 11 is 0. The standard InChI is InChI=1S/C28H29NO6/c1-19(2)22-12-13-25(33-18-26(30)31)24(16-22)27-23-11-7-6-10-21(23)14-15-29(27)35-28(32)34-17-20-8-4-3-5-9-20/h3-13,16,19,27H,14-15,17-18H2,1-2H3,(H,30,31). The molecule has 7 nitrogen and oxygen atoms in total. The van der Waals surface area contributed by atoms with Crippen LogP contribution in [0, 0.1) is 0 Å². The molecule has 0 radical (unpaired) electrons. The second-order valence-electron chi connectivity index (χ2n) is 8.74. The molecule has 0 aromatic heterocycles. The van der Waals surface area contributed by atoms with Crippen LogP contribution in [0.25, 0.3) is 0 Å². The first-order chi connectivity index (χ1) is 16.9. The minimum Gasteiger partial charge on any atom is -0.482 e. The number of hydrogen-bond donors (Lipinski definition) is 1. The van der Waals surface area contributed by atoms with Gasteiger partial charge in [0.25, 0.3) is 0 Å². The summed E-state index contributed by atoms with van der Waals surface area (Å²) in [5, 5.41) is 10.8. The normalized spacial score (nSPS) is 15.3. The fourth-order valence-corrected chi connectivity index (χ4v) is 4.21. The zero-order chi connectivity index (χ0) is 24.8. The highest BCUT2D eigenvalue weighted by atomic mass is 16.8. The van der Waals surface area contributed by atoms with Gasteiger partial charge in [-0.15, -0.1) is 5.06 Å². The van der Waals surface area contributed by atoms with E-state index >= 15 is 0 Å². The van der Waals surface area contributed by atoms with Crippen LogP contribution >= 0.6 is 0 Å². The monoisotopic (exact) mass is 475 g/mol. The van der Waals surface area contributed by atoms with Gasteiger partial charge in [-0.1, -0.05) is 74.5 Å². The molecule has 0 spiro atoms. The van der Waals surface area contributed by atoms with Crippen LogP contribution in [0.5, 0.6) is 5.75 Å². The third-order valence-electron chi connectivity index (χ3n) is 5.98. The molecule has 0 bridgehead atoms. The van der Waals surface area contributed by atoms with Crippen LogP contribution in [-0.2, 0) is 27.4 Å². The number of benzene rings is 3. The molecule has 1 heterocycles. The maximum atomic E-state index is 12.7. The largest absolute Gasteiger partial charge is 0.528 e. The van der Waals surface area contributed by atoms with E-state index in [0.717, 1.165) is 27.8 Å². The van der Waals surface area contributed by atoms with E-state index in [2.05, 4.69) is 19.9 Å². The summed E-state index contributed by atoms with van der Waals surface area (Å²) in [6, 6.07) is 22.6. The highest BCUT2D eigenvalue weighted by molar-refractivity contribution is 5.68. The van der Waals surface area contributed by atoms with Gasteiger partial charge in [-0.25, -0.2) is 9.59 Å². The van der Waals surface area contributed by atoms with Gasteiger partial charge in [0.2, 0.25) is 0 Å². The van der Waals surface area contributed by atoms with Crippen LogP contribution in [-0.4, -0.2) is 35.4 Å². The molecule has 1 aliphatic heterocycles. The molecule has 0 amide bonds. The van der Waals surface area contributed by atoms with Gasteiger partial charge in [0, 0.05) is 12.1 Å². The Morgan fingerprint density at radius 3 is 2.49 bits per heavy atom. The van der Waals surface area contributed by atoms with Gasteiger partial charge in [-0.3, -0.25) is 0 Å². The summed E-state index contributed by atoms with van der Waals surface area (Å²) < 4.78 is 11.0. The molecule has 0 saturated carbocycles. The number of hydrogen-bond acceptors (Lipinski definition) is 6. The predicted octanol–water partition coefficient (Wildman–Crippen LogP) is 5.49. The van der Waals surface area contributed by atoms with Crippen LogP contribution in [0.1, 0.15) is 53.6 Å². The Kier molecular flexibility index (Phi) is 7.67. The average molecular weight is 476 g/mol. The zero-order valence-electron chi connectivity index (χ0n) is 19.8. The van der Waals surface area contributed by atoms with Crippen LogP contribution in [0.3, 0.4) is 0 Å². The van der Waals surface area contributed by atoms with Gasteiger partial charge in [0.15, 0.2) is 6.61 Å². The van der Waals surface area contributed by atoms with Crippen molar-refractivity contribution in [1.29, 1.82) is 0 Å². The van der Waals surface area contributed by atoms with Gasteiger partial charge < -0.3 is 19.4 Å². The summed E-state index contributed by atoms with van der Waals surface area (Å²) in [6.45, 7) is 4.25. The third-order valence-corrected chi connectivity index (χ3v) is 5.98. The minimum absolute atomic E-state index is 0.102. The molecule has 4 rings (SSSR count). The lowest BCUT2D eigenvalue weighted by Gasteiger charge is -2.36. The number of carboxylic acids is 1. The molecule has 0 aliphatic carbocycles. The lowest BCUT2D eigenvalue weighted by molar-refractivity contribution is -0.152. The fourth-order valence-electron chi connectivity index (χ4n) is 4.21. The Labute approximate surface area is 204 Å². The topological polar surface area (TPSA) is 85.3 Å². The Balaban J connectivity index is 1.66. The smallest absolute Gasteiger partial charge is 0.482 e. The Hall–Kier alpha value is -3.84. The molecule has 0 saturated heterocycles. The Morgan fingerprint density at radius 2 is 1.74 bits per heavy atom. The molecule has 7 heteroatoms. The Morgan fingerprint density at radius 1 is 1.00 bits per heavy atom. The number of ether oxygens (including phenoxy) is 2. The van der Waals surface area contributed by atoms with E-state index in [0.29, 0.717) is 18.7 Å². The maximum Gasteiger partial charge on any atom is 0.528 e. The van der Waals surface area contributed by atoms with Gasteiger partial charge in [0.1, 0.15) is 12.4 Å². The lowest BCUT2D eigenvalue weighted by Crippen LogP contribution is -2.38. The third kappa shape index (κ3) is 6.00. The second-order valence-corrected chi connectivity index (χ2v) is 8.74. The molecule has 3 aromatic rings. The molecule has 1 aliphatic rings. The lowest BCUT2D eigenvalue weighted by atomic mass is 9.87. The van der Waals surface area contributed by atoms with E-state index < -0.39 is 24.8 Å². The number of aliphatic carboxylic acids is 1. The maximum absolute atomic E-state index is 12.7. The Bertz CT molecular complexity index is 1180. The molecule has 182 valence electrons. The molecule has 0 fully saturated rings. The predicted molar refractivity (Wildman–Crippen MR) is 130 cm³/mol. The van der Waals surface area contributed by atoms with Crippen molar-refractivity contribution in [3.63, 3.8) is 0 Å². The summed E-state index contributed by atoms with van der Waals surface area (Å²) in [5.74, 6) is -0.387. The number of nitrogens with zero attached hydrogens (tertiary/aromatic N) is 1. The summed E-state index contributed by atoms with van der Waals surface area (Å²) in [6.07, 6.45) is -0.111. The van der Waals surface area contributed by atoms with Gasteiger partial charge in [0.05, 0.1) is 6.04 Å². The van der Waals surface area contributed by atoms with Crippen LogP contribution < -0.4 is 4.74 Å². The molecule has 1 N–H and O–H groups in total. The number of carboxylic acid groups (broad SMARTS) is 1. The number of fused-ring (bicyclic) bond motifs is 1. The van der Waals surface area contributed by atoms with Crippen LogP contribution in [0.2, 0.25) is 0 Å². The van der Waals surface area contributed by atoms with Crippen molar-refractivity contribution < 1.29 is 29.0 Å². The van der Waals surface area contributed by atoms with Crippen molar-refractivity contribution in [2.75, 3.05) is 13.2 Å². The fraction of sp³-hybridized carbons (Fsp3) is 0.286. The molecule has 35 heavy (non-hydrogen) atoms. The van der Waals surface area contributed by atoms with Gasteiger partial charge in [-0.2, -0.15) is 0 Å². The first kappa shape index (κ1) is 24.3. The van der Waals surface area contributed by atoms with Crippen LogP contribution in [0.4, 0.5) is 4.79 Å². The molecule has 1 atom stereocenters. The van der Waals surface area contributed by atoms with Crippen molar-refractivity contribution in [3.05, 3.63) is 101 Å². The first-order valence-electron chi connectivity index (χ1n) is 11.6. The zero-order valence-corrected chi connectivity index (χ0v) is 19.8. The van der Waals surface area contributed by atoms with Crippen molar-refractivity contribution in [2.24, 2.45) is 0 Å². The van der Waals surface area contributed by atoms with E-state index in [1.807, 2.05) is 60.7 Å². The summed E-state index contributed by atoms with van der Waals surface area (Å²) in [7, 11) is 0. The van der Waals surface area contributed by atoms with Crippen molar-refractivity contribution >= 4 is 12.1 Å². The summed E-state index contributed by atoms with van der Waals surface area (Å²) in [4.78, 5) is 29.6. The molecular formula is C28H29NO6. The highest BCUT2D eigenvalue weighted by Crippen LogP contribution is 2.40. The second kappa shape index (κ2) is 11.1. The molecular weight excluding hydrogens is 446 g/mol. The van der Waals surface area contributed by atoms with E-state index in [4.69, 9.17) is 14.3 Å². The van der Waals surface area contributed by atoms with Crippen LogP contribution in [0.15, 0.2) is 72.8 Å². The van der Waals surface area contributed by atoms with Crippen molar-refractivity contribution in [3.8, 4) is 5.75 Å². The number of carbonyl (C=O) groups is 2.